The third kappa shape index (κ3) is 10.1. The monoisotopic (exact) mass is 933 g/mol. The molecule has 4 aliphatic rings. The quantitative estimate of drug-likeness (QED) is 0.108. The van der Waals surface area contributed by atoms with Gasteiger partial charge in [-0.15, -0.1) is 0 Å². The molecule has 8 rings (SSSR count). The Morgan fingerprint density at radius 2 is 1.81 bits per heavy atom. The van der Waals surface area contributed by atoms with E-state index in [1.807, 2.05) is 39.0 Å². The summed E-state index contributed by atoms with van der Waals surface area (Å²) in [4.78, 5) is 77.7. The predicted octanol–water partition coefficient (Wildman–Crippen LogP) is 5.14. The number of carbonyl (C=O) groups is 5. The zero-order valence-electron chi connectivity index (χ0n) is 40.9. The summed E-state index contributed by atoms with van der Waals surface area (Å²) in [6, 6.07) is 12.3. The highest BCUT2D eigenvalue weighted by Gasteiger charge is 2.52. The lowest BCUT2D eigenvalue weighted by molar-refractivity contribution is -0.155. The number of nitrogens with zero attached hydrogens (tertiary/aromatic N) is 5. The number of ether oxygens (including phenoxy) is 2. The molecule has 3 fully saturated rings. The number of amides is 4. The van der Waals surface area contributed by atoms with Crippen molar-refractivity contribution in [2.45, 2.75) is 123 Å². The number of fused-ring (bicyclic) bond motifs is 6. The Labute approximate surface area is 399 Å². The zero-order valence-corrected chi connectivity index (χ0v) is 40.9. The van der Waals surface area contributed by atoms with E-state index in [1.54, 1.807) is 39.5 Å². The molecule has 4 aromatic rings. The Bertz CT molecular complexity index is 2590. The van der Waals surface area contributed by atoms with Gasteiger partial charge in [0, 0.05) is 74.8 Å². The van der Waals surface area contributed by atoms with Crippen molar-refractivity contribution in [2.75, 3.05) is 40.9 Å². The molecule has 6 atom stereocenters. The minimum absolute atomic E-state index is 0.0148. The number of benzene rings is 2. The molecule has 68 heavy (non-hydrogen) atoms. The summed E-state index contributed by atoms with van der Waals surface area (Å²) < 4.78 is 14.2. The van der Waals surface area contributed by atoms with Gasteiger partial charge in [0.1, 0.15) is 29.9 Å². The smallest absolute Gasteiger partial charge is 0.324 e. The number of aromatic nitrogens is 2. The number of carbonyl (C=O) groups excluding carboxylic acids is 5. The second-order valence-electron chi connectivity index (χ2n) is 20.4. The minimum atomic E-state index is -1.18. The van der Waals surface area contributed by atoms with Gasteiger partial charge in [0.2, 0.25) is 17.7 Å². The number of aryl methyl sites for hydroxylation is 1. The van der Waals surface area contributed by atoms with Crippen LogP contribution in [0.1, 0.15) is 90.2 Å². The van der Waals surface area contributed by atoms with Gasteiger partial charge in [-0.25, -0.2) is 5.43 Å². The lowest BCUT2D eigenvalue weighted by Gasteiger charge is -2.37. The maximum atomic E-state index is 14.7. The van der Waals surface area contributed by atoms with Crippen LogP contribution in [-0.2, 0) is 52.8 Å². The number of hydrogen-bond donors (Lipinski definition) is 4. The molecule has 5 heterocycles. The molecule has 0 unspecified atom stereocenters. The van der Waals surface area contributed by atoms with Crippen LogP contribution in [0.5, 0.6) is 5.75 Å². The highest BCUT2D eigenvalue weighted by molar-refractivity contribution is 5.96. The van der Waals surface area contributed by atoms with Gasteiger partial charge in [-0.3, -0.25) is 39.3 Å². The fourth-order valence-electron chi connectivity index (χ4n) is 10.3. The molecule has 6 bridgehead atoms. The average molecular weight is 933 g/mol. The first-order chi connectivity index (χ1) is 32.4. The van der Waals surface area contributed by atoms with Crippen molar-refractivity contribution < 1.29 is 38.6 Å². The van der Waals surface area contributed by atoms with Gasteiger partial charge < -0.3 is 34.3 Å². The fourth-order valence-corrected chi connectivity index (χ4v) is 10.3. The van der Waals surface area contributed by atoms with Crippen molar-refractivity contribution in [3.05, 3.63) is 71.5 Å². The van der Waals surface area contributed by atoms with Crippen LogP contribution < -0.4 is 16.1 Å². The van der Waals surface area contributed by atoms with Crippen LogP contribution in [0.4, 0.5) is 0 Å². The van der Waals surface area contributed by atoms with E-state index in [9.17, 15) is 29.1 Å². The number of rotatable bonds is 12. The SMILES string of the molecule is CCn1c(-c2cccnc2[C@H](C)OC)c2c3cc(ccc31)-c1cc(O)cc(c1)C[C@H](NC(=O)[C@H](C(C)C)N(C)C(=O)CN(C)C(=O)[C@@H]1N[C@@H]1C1CC1)C(=O)N1CCC[C@H](N1)C(=O)OCC(C)(C)C2. The van der Waals surface area contributed by atoms with Crippen LogP contribution in [0.15, 0.2) is 54.7 Å². The van der Waals surface area contributed by atoms with E-state index in [4.69, 9.17) is 14.5 Å². The van der Waals surface area contributed by atoms with E-state index in [0.717, 1.165) is 51.8 Å². The molecular weight excluding hydrogens is 865 g/mol. The Balaban J connectivity index is 1.16. The first kappa shape index (κ1) is 48.6. The van der Waals surface area contributed by atoms with Crippen molar-refractivity contribution in [1.29, 1.82) is 0 Å². The molecule has 3 aliphatic heterocycles. The number of phenolic OH excluding ortho intramolecular Hbond substituents is 1. The largest absolute Gasteiger partial charge is 0.508 e. The molecular formula is C52H68N8O8. The van der Waals surface area contributed by atoms with Crippen LogP contribution in [0.3, 0.4) is 0 Å². The number of hydrazine groups is 1. The van der Waals surface area contributed by atoms with Crippen molar-refractivity contribution >= 4 is 40.5 Å². The van der Waals surface area contributed by atoms with Gasteiger partial charge >= 0.3 is 5.97 Å². The van der Waals surface area contributed by atoms with E-state index in [-0.39, 0.29) is 61.9 Å². The van der Waals surface area contributed by atoms with Crippen LogP contribution >= 0.6 is 0 Å². The second-order valence-corrected chi connectivity index (χ2v) is 20.4. The Morgan fingerprint density at radius 1 is 1.04 bits per heavy atom. The molecule has 4 N–H and O–H groups in total. The van der Waals surface area contributed by atoms with E-state index in [1.165, 1.54) is 14.8 Å². The Hall–Kier alpha value is -5.84. The number of pyridine rings is 1. The topological polar surface area (TPSA) is 198 Å². The molecule has 4 amide bonds. The van der Waals surface area contributed by atoms with Crippen molar-refractivity contribution in [3.63, 3.8) is 0 Å². The van der Waals surface area contributed by atoms with Gasteiger partial charge in [0.15, 0.2) is 0 Å². The van der Waals surface area contributed by atoms with E-state index in [2.05, 4.69) is 59.6 Å². The number of methoxy groups -OCH3 is 1. The summed E-state index contributed by atoms with van der Waals surface area (Å²) in [5, 5.41) is 20.0. The van der Waals surface area contributed by atoms with Gasteiger partial charge in [-0.05, 0) is 116 Å². The first-order valence-electron chi connectivity index (χ1n) is 24.2. The van der Waals surface area contributed by atoms with Crippen LogP contribution in [0.2, 0.25) is 0 Å². The summed E-state index contributed by atoms with van der Waals surface area (Å²) in [5.74, 6) is -1.96. The highest BCUT2D eigenvalue weighted by atomic mass is 16.5. The molecule has 16 heteroatoms. The Kier molecular flexibility index (Phi) is 14.0. The lowest BCUT2D eigenvalue weighted by atomic mass is 9.84. The van der Waals surface area contributed by atoms with Crippen molar-refractivity contribution in [1.82, 2.24) is 40.4 Å². The van der Waals surface area contributed by atoms with Crippen LogP contribution in [-0.4, -0.2) is 130 Å². The van der Waals surface area contributed by atoms with Crippen LogP contribution in [0.25, 0.3) is 33.3 Å². The number of nitrogens with one attached hydrogen (secondary N) is 3. The molecule has 16 nitrogen and oxygen atoms in total. The summed E-state index contributed by atoms with van der Waals surface area (Å²) in [5.41, 5.74) is 9.52. The molecule has 364 valence electrons. The van der Waals surface area contributed by atoms with Gasteiger partial charge in [0.05, 0.1) is 30.6 Å². The second kappa shape index (κ2) is 19.6. The normalized spacial score (nSPS) is 22.5. The maximum Gasteiger partial charge on any atom is 0.324 e. The number of phenols is 1. The van der Waals surface area contributed by atoms with Crippen molar-refractivity contribution in [3.8, 4) is 28.1 Å². The fraction of sp³-hybridized carbons (Fsp3) is 0.538. The summed E-state index contributed by atoms with van der Waals surface area (Å²) >= 11 is 0. The average Bonchev–Trinajstić information content (AvgIpc) is 4.26. The molecule has 2 aromatic carbocycles. The van der Waals surface area contributed by atoms with Crippen molar-refractivity contribution in [2.24, 2.45) is 17.3 Å². The highest BCUT2D eigenvalue weighted by Crippen LogP contribution is 2.43. The summed E-state index contributed by atoms with van der Waals surface area (Å²) in [6.07, 6.45) is 5.15. The minimum Gasteiger partial charge on any atom is -0.508 e. The number of likely N-dealkylation sites (N-methyl/N-ethyl adjacent to an activating group) is 2. The third-order valence-electron chi connectivity index (χ3n) is 14.2. The summed E-state index contributed by atoms with van der Waals surface area (Å²) in [7, 11) is 4.81. The van der Waals surface area contributed by atoms with E-state index in [0.29, 0.717) is 42.9 Å². The summed E-state index contributed by atoms with van der Waals surface area (Å²) in [6.45, 7) is 12.7. The van der Waals surface area contributed by atoms with E-state index < -0.39 is 47.2 Å². The number of cyclic esters (lactones) is 1. The molecule has 0 radical (unpaired) electrons. The molecule has 0 spiro atoms. The molecule has 1 saturated carbocycles. The van der Waals surface area contributed by atoms with Gasteiger partial charge in [0.25, 0.3) is 5.91 Å². The number of hydrogen-bond acceptors (Lipinski definition) is 11. The Morgan fingerprint density at radius 3 is 2.51 bits per heavy atom. The molecule has 2 aromatic heterocycles. The lowest BCUT2D eigenvalue weighted by Crippen LogP contribution is -2.62. The van der Waals surface area contributed by atoms with Crippen LogP contribution in [0, 0.1) is 17.3 Å². The number of esters is 1. The van der Waals surface area contributed by atoms with Gasteiger partial charge in [-0.1, -0.05) is 39.8 Å². The van der Waals surface area contributed by atoms with Gasteiger partial charge in [-0.2, -0.15) is 0 Å². The van der Waals surface area contributed by atoms with E-state index >= 15 is 0 Å². The molecule has 2 saturated heterocycles. The third-order valence-corrected chi connectivity index (χ3v) is 14.2. The first-order valence-corrected chi connectivity index (χ1v) is 24.2. The standard InChI is InChI=1S/C52H68N8O8/c1-10-59-41-18-17-33-25-37(41)38(47(59)36-13-11-19-53-43(36)30(4)67-9)26-52(5,6)28-68-51(66)39-14-12-20-60(56-39)49(64)40(23-31-21-34(33)24-35(61)22-31)54-48(63)46(29(2)3)58(8)42(62)27-57(7)50(65)45-44(55-45)32-15-16-32/h11,13,17-19,21-22,24-25,29-30,32,39-40,44-46,55-56,61H,10,12,14-16,20,23,26-28H2,1-9H3,(H,54,63)/t30-,39-,40-,44+,45+,46-/m0/s1. The predicted molar refractivity (Wildman–Crippen MR) is 258 cm³/mol. The molecule has 1 aliphatic carbocycles. The zero-order chi connectivity index (χ0) is 48.8. The maximum absolute atomic E-state index is 14.7. The number of aromatic hydroxyl groups is 1.